The number of rotatable bonds is 5. The maximum absolute atomic E-state index is 13.9. The Morgan fingerprint density at radius 1 is 1.14 bits per heavy atom. The zero-order valence-electron chi connectivity index (χ0n) is 15.8. The summed E-state index contributed by atoms with van der Waals surface area (Å²) in [5.41, 5.74) is 1.47. The average Bonchev–Trinajstić information content (AvgIpc) is 2.67. The van der Waals surface area contributed by atoms with Gasteiger partial charge in [0.2, 0.25) is 0 Å². The molecule has 1 aliphatic heterocycles. The van der Waals surface area contributed by atoms with Crippen LogP contribution in [0.1, 0.15) is 11.1 Å². The molecule has 1 saturated heterocycles. The van der Waals surface area contributed by atoms with E-state index in [-0.39, 0.29) is 5.75 Å². The number of hydrogen-bond donors (Lipinski definition) is 1. The summed E-state index contributed by atoms with van der Waals surface area (Å²) >= 11 is 5.41. The summed E-state index contributed by atoms with van der Waals surface area (Å²) in [5, 5.41) is 3.36. The van der Waals surface area contributed by atoms with Crippen molar-refractivity contribution in [3.8, 4) is 5.75 Å². The third kappa shape index (κ3) is 5.57. The number of aryl methyl sites for hydroxylation is 1. The first kappa shape index (κ1) is 21.3. The number of halogens is 4. The lowest BCUT2D eigenvalue weighted by Gasteiger charge is -2.36. The number of ether oxygens (including phenoxy) is 1. The van der Waals surface area contributed by atoms with E-state index in [1.54, 1.807) is 25.1 Å². The third-order valence-corrected chi connectivity index (χ3v) is 5.04. The number of anilines is 1. The van der Waals surface area contributed by atoms with Crippen molar-refractivity contribution >= 4 is 23.0 Å². The molecule has 0 radical (unpaired) electrons. The first-order valence-electron chi connectivity index (χ1n) is 9.10. The molecular formula is C20H21F4N3OS. The van der Waals surface area contributed by atoms with E-state index in [0.29, 0.717) is 49.1 Å². The van der Waals surface area contributed by atoms with Crippen LogP contribution >= 0.6 is 12.2 Å². The fourth-order valence-electron chi connectivity index (χ4n) is 3.14. The topological polar surface area (TPSA) is 27.7 Å². The highest BCUT2D eigenvalue weighted by Crippen LogP contribution is 2.28. The summed E-state index contributed by atoms with van der Waals surface area (Å²) < 4.78 is 57.1. The van der Waals surface area contributed by atoms with Gasteiger partial charge in [0.15, 0.2) is 16.7 Å². The van der Waals surface area contributed by atoms with E-state index in [4.69, 9.17) is 12.2 Å². The second kappa shape index (κ2) is 9.41. The van der Waals surface area contributed by atoms with E-state index in [2.05, 4.69) is 10.1 Å². The molecule has 1 fully saturated rings. The summed E-state index contributed by atoms with van der Waals surface area (Å²) in [5.74, 6) is -1.65. The molecule has 4 nitrogen and oxygen atoms in total. The van der Waals surface area contributed by atoms with Crippen molar-refractivity contribution in [2.75, 3.05) is 31.5 Å². The average molecular weight is 427 g/mol. The molecule has 2 aromatic rings. The largest absolute Gasteiger partial charge is 0.433 e. The summed E-state index contributed by atoms with van der Waals surface area (Å²) in [6.07, 6.45) is 0. The van der Waals surface area contributed by atoms with Crippen molar-refractivity contribution in [1.29, 1.82) is 0 Å². The predicted molar refractivity (Wildman–Crippen MR) is 107 cm³/mol. The minimum atomic E-state index is -2.93. The summed E-state index contributed by atoms with van der Waals surface area (Å²) in [7, 11) is 0. The van der Waals surface area contributed by atoms with Crippen LogP contribution in [0.15, 0.2) is 36.4 Å². The molecule has 0 unspecified atom stereocenters. The first-order valence-corrected chi connectivity index (χ1v) is 9.51. The molecule has 0 aromatic heterocycles. The number of nitrogens with one attached hydrogen (secondary N) is 1. The van der Waals surface area contributed by atoms with Crippen LogP contribution in [0.5, 0.6) is 5.75 Å². The summed E-state index contributed by atoms with van der Waals surface area (Å²) in [6.45, 7) is 1.50. The van der Waals surface area contributed by atoms with Gasteiger partial charge in [-0.15, -0.1) is 0 Å². The van der Waals surface area contributed by atoms with Crippen LogP contribution in [0.2, 0.25) is 0 Å². The fraction of sp³-hybridized carbons (Fsp3) is 0.350. The highest BCUT2D eigenvalue weighted by molar-refractivity contribution is 7.80. The minimum Gasteiger partial charge on any atom is -0.433 e. The Bertz CT molecular complexity index is 873. The molecule has 1 heterocycles. The Morgan fingerprint density at radius 3 is 2.55 bits per heavy atom. The van der Waals surface area contributed by atoms with Gasteiger partial charge in [-0.1, -0.05) is 18.2 Å². The van der Waals surface area contributed by atoms with Crippen LogP contribution in [0.4, 0.5) is 23.2 Å². The summed E-state index contributed by atoms with van der Waals surface area (Å²) in [6, 6.07) is 9.08. The summed E-state index contributed by atoms with van der Waals surface area (Å²) in [4.78, 5) is 3.91. The zero-order valence-corrected chi connectivity index (χ0v) is 16.6. The van der Waals surface area contributed by atoms with E-state index >= 15 is 0 Å². The SMILES string of the molecule is Cc1ccc(NC(=S)N2CCN(Cc3cccc(F)c3F)CC2)c(OC(F)F)c1. The zero-order chi connectivity index (χ0) is 21.0. The van der Waals surface area contributed by atoms with Crippen molar-refractivity contribution in [1.82, 2.24) is 9.80 Å². The molecule has 2 aromatic carbocycles. The number of benzene rings is 2. The van der Waals surface area contributed by atoms with Crippen LogP contribution in [0.25, 0.3) is 0 Å². The lowest BCUT2D eigenvalue weighted by molar-refractivity contribution is -0.0493. The number of alkyl halides is 2. The van der Waals surface area contributed by atoms with Crippen LogP contribution in [-0.4, -0.2) is 47.7 Å². The normalized spacial score (nSPS) is 14.9. The van der Waals surface area contributed by atoms with E-state index < -0.39 is 18.2 Å². The number of thiocarbonyl (C=S) groups is 1. The smallest absolute Gasteiger partial charge is 0.387 e. The van der Waals surface area contributed by atoms with Gasteiger partial charge in [-0.3, -0.25) is 4.90 Å². The second-order valence-electron chi connectivity index (χ2n) is 6.78. The Hall–Kier alpha value is -2.39. The highest BCUT2D eigenvalue weighted by atomic mass is 32.1. The van der Waals surface area contributed by atoms with E-state index in [9.17, 15) is 17.6 Å². The number of nitrogens with zero attached hydrogens (tertiary/aromatic N) is 2. The van der Waals surface area contributed by atoms with Gasteiger partial charge in [-0.2, -0.15) is 8.78 Å². The van der Waals surface area contributed by atoms with Crippen molar-refractivity contribution in [3.05, 3.63) is 59.2 Å². The van der Waals surface area contributed by atoms with Gasteiger partial charge in [0.25, 0.3) is 0 Å². The fourth-order valence-corrected chi connectivity index (χ4v) is 3.43. The predicted octanol–water partition coefficient (Wildman–Crippen LogP) is 4.39. The highest BCUT2D eigenvalue weighted by Gasteiger charge is 2.21. The molecule has 9 heteroatoms. The van der Waals surface area contributed by atoms with Gasteiger partial charge >= 0.3 is 6.61 Å². The molecule has 0 spiro atoms. The molecule has 29 heavy (non-hydrogen) atoms. The quantitative estimate of drug-likeness (QED) is 0.565. The maximum atomic E-state index is 13.9. The maximum Gasteiger partial charge on any atom is 0.387 e. The molecule has 0 atom stereocenters. The third-order valence-electron chi connectivity index (χ3n) is 4.68. The Morgan fingerprint density at radius 2 is 1.86 bits per heavy atom. The van der Waals surface area contributed by atoms with Gasteiger partial charge in [-0.05, 0) is 42.9 Å². The molecule has 0 bridgehead atoms. The van der Waals surface area contributed by atoms with Gasteiger partial charge in [0, 0.05) is 38.3 Å². The van der Waals surface area contributed by atoms with Gasteiger partial charge in [-0.25, -0.2) is 8.78 Å². The van der Waals surface area contributed by atoms with Crippen molar-refractivity contribution in [2.45, 2.75) is 20.1 Å². The van der Waals surface area contributed by atoms with Gasteiger partial charge in [0.05, 0.1) is 5.69 Å². The Balaban J connectivity index is 1.57. The standard InChI is InChI=1S/C20H21F4N3OS/c1-13-5-6-16(17(11-13)28-19(23)24)25-20(29)27-9-7-26(8-10-27)12-14-3-2-4-15(21)18(14)22/h2-6,11,19H,7-10,12H2,1H3,(H,25,29). The van der Waals surface area contributed by atoms with Crippen LogP contribution in [0, 0.1) is 18.6 Å². The lowest BCUT2D eigenvalue weighted by atomic mass is 10.1. The number of hydrogen-bond acceptors (Lipinski definition) is 3. The van der Waals surface area contributed by atoms with Crippen LogP contribution in [-0.2, 0) is 6.54 Å². The first-order chi connectivity index (χ1) is 13.8. The molecule has 0 aliphatic carbocycles. The molecule has 1 aliphatic rings. The minimum absolute atomic E-state index is 0.0302. The van der Waals surface area contributed by atoms with E-state index in [1.165, 1.54) is 12.1 Å². The molecule has 0 saturated carbocycles. The van der Waals surface area contributed by atoms with Gasteiger partial charge in [0.1, 0.15) is 5.75 Å². The van der Waals surface area contributed by atoms with Crippen molar-refractivity contribution in [2.24, 2.45) is 0 Å². The Labute approximate surface area is 172 Å². The van der Waals surface area contributed by atoms with Crippen LogP contribution in [0.3, 0.4) is 0 Å². The second-order valence-corrected chi connectivity index (χ2v) is 7.17. The van der Waals surface area contributed by atoms with Crippen LogP contribution < -0.4 is 10.1 Å². The molecule has 1 N–H and O–H groups in total. The molecule has 0 amide bonds. The van der Waals surface area contributed by atoms with Crippen molar-refractivity contribution < 1.29 is 22.3 Å². The van der Waals surface area contributed by atoms with E-state index in [1.807, 2.05) is 9.80 Å². The lowest BCUT2D eigenvalue weighted by Crippen LogP contribution is -2.49. The van der Waals surface area contributed by atoms with Gasteiger partial charge < -0.3 is 15.0 Å². The molecular weight excluding hydrogens is 406 g/mol. The van der Waals surface area contributed by atoms with E-state index in [0.717, 1.165) is 11.6 Å². The Kier molecular flexibility index (Phi) is 6.92. The van der Waals surface area contributed by atoms with Crippen molar-refractivity contribution in [3.63, 3.8) is 0 Å². The molecule has 3 rings (SSSR count). The monoisotopic (exact) mass is 427 g/mol. The number of piperazine rings is 1. The molecule has 156 valence electrons.